The van der Waals surface area contributed by atoms with Crippen LogP contribution in [0, 0.1) is 6.92 Å². The van der Waals surface area contributed by atoms with Gasteiger partial charge in [0.25, 0.3) is 5.91 Å². The lowest BCUT2D eigenvalue weighted by atomic mass is 9.87. The van der Waals surface area contributed by atoms with Crippen LogP contribution in [-0.2, 0) is 16.0 Å². The summed E-state index contributed by atoms with van der Waals surface area (Å²) in [6, 6.07) is 5.89. The Labute approximate surface area is 144 Å². The molecule has 2 saturated heterocycles. The second-order valence-electron chi connectivity index (χ2n) is 6.74. The standard InChI is InChI=1S/C17H19N3O3S/c1-10-2-3-11-9-13(24-12(11)8-10)14(21)20-6-4-17(5-7-20)15(22)18-16(23)19-17/h2-3,8,13H,4-7,9H2,1H3,(H2,18,19,22,23)/t13-/m1/s1. The van der Waals surface area contributed by atoms with Crippen LogP contribution in [0.1, 0.15) is 24.0 Å². The molecule has 0 bridgehead atoms. The molecule has 6 nitrogen and oxygen atoms in total. The van der Waals surface area contributed by atoms with E-state index in [-0.39, 0.29) is 17.1 Å². The fourth-order valence-corrected chi connectivity index (χ4v) is 5.04. The van der Waals surface area contributed by atoms with Gasteiger partial charge in [0, 0.05) is 18.0 Å². The molecule has 3 aliphatic rings. The highest BCUT2D eigenvalue weighted by molar-refractivity contribution is 8.01. The van der Waals surface area contributed by atoms with Crippen molar-refractivity contribution in [2.24, 2.45) is 0 Å². The fraction of sp³-hybridized carbons (Fsp3) is 0.471. The zero-order chi connectivity index (χ0) is 16.9. The van der Waals surface area contributed by atoms with Gasteiger partial charge in [-0.15, -0.1) is 11.8 Å². The van der Waals surface area contributed by atoms with Gasteiger partial charge in [0.1, 0.15) is 5.54 Å². The van der Waals surface area contributed by atoms with Crippen molar-refractivity contribution in [3.05, 3.63) is 29.3 Å². The number of likely N-dealkylation sites (tertiary alicyclic amines) is 1. The van der Waals surface area contributed by atoms with Crippen molar-refractivity contribution in [1.82, 2.24) is 15.5 Å². The smallest absolute Gasteiger partial charge is 0.322 e. The molecule has 7 heteroatoms. The van der Waals surface area contributed by atoms with Gasteiger partial charge in [-0.2, -0.15) is 0 Å². The number of thioether (sulfide) groups is 1. The van der Waals surface area contributed by atoms with Crippen LogP contribution in [0.25, 0.3) is 0 Å². The Bertz CT molecular complexity index is 741. The van der Waals surface area contributed by atoms with E-state index in [0.29, 0.717) is 25.9 Å². The number of urea groups is 1. The van der Waals surface area contributed by atoms with E-state index in [0.717, 1.165) is 6.42 Å². The molecule has 0 aromatic heterocycles. The normalized spacial score (nSPS) is 24.7. The molecule has 0 radical (unpaired) electrons. The van der Waals surface area contributed by atoms with Crippen LogP contribution in [0.3, 0.4) is 0 Å². The molecule has 4 rings (SSSR count). The lowest BCUT2D eigenvalue weighted by Crippen LogP contribution is -2.56. The van der Waals surface area contributed by atoms with Crippen LogP contribution in [0.15, 0.2) is 23.1 Å². The Morgan fingerprint density at radius 1 is 1.29 bits per heavy atom. The summed E-state index contributed by atoms with van der Waals surface area (Å²) in [5.41, 5.74) is 1.62. The van der Waals surface area contributed by atoms with E-state index in [4.69, 9.17) is 0 Å². The van der Waals surface area contributed by atoms with Crippen LogP contribution in [0.2, 0.25) is 0 Å². The average Bonchev–Trinajstić information content (AvgIpc) is 3.08. The summed E-state index contributed by atoms with van der Waals surface area (Å²) in [5, 5.41) is 4.94. The number of benzene rings is 1. The first-order valence-corrected chi connectivity index (χ1v) is 9.03. The monoisotopic (exact) mass is 345 g/mol. The third kappa shape index (κ3) is 2.47. The van der Waals surface area contributed by atoms with E-state index < -0.39 is 11.6 Å². The number of rotatable bonds is 1. The lowest BCUT2D eigenvalue weighted by molar-refractivity contribution is -0.135. The summed E-state index contributed by atoms with van der Waals surface area (Å²) in [4.78, 5) is 39.2. The van der Waals surface area contributed by atoms with Crippen LogP contribution in [-0.4, -0.2) is 46.6 Å². The van der Waals surface area contributed by atoms with Crippen molar-refractivity contribution in [3.8, 4) is 0 Å². The quantitative estimate of drug-likeness (QED) is 0.750. The van der Waals surface area contributed by atoms with E-state index in [1.807, 2.05) is 4.90 Å². The maximum Gasteiger partial charge on any atom is 0.322 e. The largest absolute Gasteiger partial charge is 0.342 e. The average molecular weight is 345 g/mol. The number of nitrogens with zero attached hydrogens (tertiary/aromatic N) is 1. The van der Waals surface area contributed by atoms with Crippen molar-refractivity contribution >= 4 is 29.6 Å². The number of hydrogen-bond donors (Lipinski definition) is 2. The van der Waals surface area contributed by atoms with E-state index in [1.165, 1.54) is 16.0 Å². The molecule has 1 aromatic rings. The Balaban J connectivity index is 1.41. The topological polar surface area (TPSA) is 78.5 Å². The highest BCUT2D eigenvalue weighted by atomic mass is 32.2. The van der Waals surface area contributed by atoms with Gasteiger partial charge in [0.2, 0.25) is 5.91 Å². The minimum Gasteiger partial charge on any atom is -0.342 e. The molecule has 2 fully saturated rings. The number of imide groups is 1. The highest BCUT2D eigenvalue weighted by Gasteiger charge is 2.49. The van der Waals surface area contributed by atoms with Crippen molar-refractivity contribution in [3.63, 3.8) is 0 Å². The zero-order valence-electron chi connectivity index (χ0n) is 13.4. The third-order valence-electron chi connectivity index (χ3n) is 5.12. The molecule has 3 aliphatic heterocycles. The van der Waals surface area contributed by atoms with Gasteiger partial charge in [0.05, 0.1) is 5.25 Å². The summed E-state index contributed by atoms with van der Waals surface area (Å²) in [6.07, 6.45) is 1.71. The van der Waals surface area contributed by atoms with E-state index in [9.17, 15) is 14.4 Å². The molecule has 126 valence electrons. The predicted octanol–water partition coefficient (Wildman–Crippen LogP) is 1.21. The number of aryl methyl sites for hydroxylation is 1. The summed E-state index contributed by atoms with van der Waals surface area (Å²) in [7, 11) is 0. The van der Waals surface area contributed by atoms with Gasteiger partial charge in [-0.3, -0.25) is 14.9 Å². The zero-order valence-corrected chi connectivity index (χ0v) is 14.2. The Kier molecular flexibility index (Phi) is 3.56. The molecule has 1 aromatic carbocycles. The van der Waals surface area contributed by atoms with E-state index in [1.54, 1.807) is 11.8 Å². The number of carbonyl (C=O) groups excluding carboxylic acids is 3. The highest BCUT2D eigenvalue weighted by Crippen LogP contribution is 2.39. The van der Waals surface area contributed by atoms with Gasteiger partial charge in [-0.25, -0.2) is 4.79 Å². The summed E-state index contributed by atoms with van der Waals surface area (Å²) < 4.78 is 0. The Morgan fingerprint density at radius 2 is 2.04 bits per heavy atom. The number of nitrogens with one attached hydrogen (secondary N) is 2. The van der Waals surface area contributed by atoms with Crippen molar-refractivity contribution in [1.29, 1.82) is 0 Å². The molecule has 1 atom stereocenters. The van der Waals surface area contributed by atoms with Gasteiger partial charge < -0.3 is 10.2 Å². The first-order valence-electron chi connectivity index (χ1n) is 8.15. The number of hydrogen-bond acceptors (Lipinski definition) is 4. The first kappa shape index (κ1) is 15.5. The number of piperidine rings is 1. The van der Waals surface area contributed by atoms with Gasteiger partial charge >= 0.3 is 6.03 Å². The molecule has 0 saturated carbocycles. The molecule has 24 heavy (non-hydrogen) atoms. The predicted molar refractivity (Wildman–Crippen MR) is 89.7 cm³/mol. The van der Waals surface area contributed by atoms with Crippen LogP contribution >= 0.6 is 11.8 Å². The minimum absolute atomic E-state index is 0.0807. The van der Waals surface area contributed by atoms with Gasteiger partial charge in [-0.1, -0.05) is 17.7 Å². The fourth-order valence-electron chi connectivity index (χ4n) is 3.67. The SMILES string of the molecule is Cc1ccc2c(c1)S[C@@H](C(=O)N1CCC3(CC1)NC(=O)NC3=O)C2. The molecular formula is C17H19N3O3S. The van der Waals surface area contributed by atoms with Gasteiger partial charge in [-0.05, 0) is 37.8 Å². The molecule has 4 amide bonds. The van der Waals surface area contributed by atoms with Gasteiger partial charge in [0.15, 0.2) is 0 Å². The lowest BCUT2D eigenvalue weighted by Gasteiger charge is -2.37. The Morgan fingerprint density at radius 3 is 2.71 bits per heavy atom. The molecular weight excluding hydrogens is 326 g/mol. The number of amides is 4. The second-order valence-corrected chi connectivity index (χ2v) is 7.98. The Hall–Kier alpha value is -2.02. The second kappa shape index (κ2) is 5.51. The first-order chi connectivity index (χ1) is 11.5. The number of carbonyl (C=O) groups is 3. The number of fused-ring (bicyclic) bond motifs is 1. The van der Waals surface area contributed by atoms with Crippen molar-refractivity contribution < 1.29 is 14.4 Å². The van der Waals surface area contributed by atoms with Crippen LogP contribution in [0.4, 0.5) is 4.79 Å². The van der Waals surface area contributed by atoms with Crippen LogP contribution < -0.4 is 10.6 Å². The van der Waals surface area contributed by atoms with E-state index in [2.05, 4.69) is 35.8 Å². The minimum atomic E-state index is -0.823. The molecule has 0 aliphatic carbocycles. The van der Waals surface area contributed by atoms with E-state index >= 15 is 0 Å². The van der Waals surface area contributed by atoms with Crippen LogP contribution in [0.5, 0.6) is 0 Å². The molecule has 1 spiro atoms. The summed E-state index contributed by atoms with van der Waals surface area (Å²) >= 11 is 1.64. The molecule has 3 heterocycles. The maximum absolute atomic E-state index is 12.8. The third-order valence-corrected chi connectivity index (χ3v) is 6.40. The molecule has 0 unspecified atom stereocenters. The van der Waals surface area contributed by atoms with Crippen molar-refractivity contribution in [2.45, 2.75) is 41.9 Å². The summed E-state index contributed by atoms with van der Waals surface area (Å²) in [5.74, 6) is -0.133. The molecule has 2 N–H and O–H groups in total. The maximum atomic E-state index is 12.8. The summed E-state index contributed by atoms with van der Waals surface area (Å²) in [6.45, 7) is 3.05. The van der Waals surface area contributed by atoms with Crippen molar-refractivity contribution in [2.75, 3.05) is 13.1 Å².